The van der Waals surface area contributed by atoms with Crippen LogP contribution in [-0.4, -0.2) is 61.1 Å². The monoisotopic (exact) mass is 445 g/mol. The second-order valence-electron chi connectivity index (χ2n) is 11.0. The minimum Gasteiger partial charge on any atom is -0.444 e. The molecule has 8 heteroatoms. The third-order valence-corrected chi connectivity index (χ3v) is 6.74. The van der Waals surface area contributed by atoms with Crippen LogP contribution in [0.5, 0.6) is 0 Å². The van der Waals surface area contributed by atoms with Crippen molar-refractivity contribution in [3.05, 3.63) is 22.8 Å². The van der Waals surface area contributed by atoms with Gasteiger partial charge in [-0.05, 0) is 90.5 Å². The van der Waals surface area contributed by atoms with E-state index >= 15 is 0 Å². The van der Waals surface area contributed by atoms with E-state index in [1.165, 1.54) is 0 Å². The highest BCUT2D eigenvalue weighted by Crippen LogP contribution is 2.37. The molecule has 2 heterocycles. The first-order chi connectivity index (χ1) is 14.7. The lowest BCUT2D eigenvalue weighted by Gasteiger charge is -2.32. The van der Waals surface area contributed by atoms with Gasteiger partial charge in [0.25, 0.3) is 0 Å². The number of ether oxygens (including phenoxy) is 1. The maximum absolute atomic E-state index is 12.6. The Labute approximate surface area is 193 Å². The van der Waals surface area contributed by atoms with Crippen LogP contribution in [0.3, 0.4) is 0 Å². The summed E-state index contributed by atoms with van der Waals surface area (Å²) in [5, 5.41) is 6.38. The third kappa shape index (κ3) is 5.47. The number of carbonyl (C=O) groups is 1. The Bertz CT molecular complexity index is 842. The number of rotatable bonds is 4. The summed E-state index contributed by atoms with van der Waals surface area (Å²) in [6.45, 7) is 22.7. The van der Waals surface area contributed by atoms with E-state index in [4.69, 9.17) is 14.0 Å². The zero-order chi connectivity index (χ0) is 23.9. The number of nitrogens with one attached hydrogen (secondary N) is 2. The summed E-state index contributed by atoms with van der Waals surface area (Å²) in [5.74, 6) is 0. The number of hydrogen-bond donors (Lipinski definition) is 2. The first-order valence-corrected chi connectivity index (χ1v) is 11.6. The van der Waals surface area contributed by atoms with E-state index in [0.717, 1.165) is 60.6 Å². The fourth-order valence-electron chi connectivity index (χ4n) is 4.12. The topological polar surface area (TPSA) is 72.1 Å². The van der Waals surface area contributed by atoms with Crippen molar-refractivity contribution in [2.24, 2.45) is 0 Å². The lowest BCUT2D eigenvalue weighted by atomic mass is 9.71. The quantitative estimate of drug-likeness (QED) is 0.693. The van der Waals surface area contributed by atoms with E-state index in [2.05, 4.69) is 56.2 Å². The smallest absolute Gasteiger partial charge is 0.444 e. The average molecular weight is 445 g/mol. The number of nitrogens with zero attached hydrogens (tertiary/aromatic N) is 1. The van der Waals surface area contributed by atoms with E-state index in [-0.39, 0.29) is 0 Å². The van der Waals surface area contributed by atoms with Crippen molar-refractivity contribution < 1.29 is 18.8 Å². The summed E-state index contributed by atoms with van der Waals surface area (Å²) >= 11 is 0. The lowest BCUT2D eigenvalue weighted by molar-refractivity contribution is 0.00578. The molecule has 7 nitrogen and oxygen atoms in total. The summed E-state index contributed by atoms with van der Waals surface area (Å²) in [6, 6.07) is 2.07. The zero-order valence-corrected chi connectivity index (χ0v) is 21.3. The molecule has 32 heavy (non-hydrogen) atoms. The van der Waals surface area contributed by atoms with Crippen LogP contribution in [-0.2, 0) is 20.6 Å². The Morgan fingerprint density at radius 2 is 1.69 bits per heavy atom. The molecule has 0 bridgehead atoms. The minimum atomic E-state index is -0.569. The maximum Gasteiger partial charge on any atom is 0.495 e. The van der Waals surface area contributed by atoms with Gasteiger partial charge in [-0.2, -0.15) is 0 Å². The maximum atomic E-state index is 12.6. The number of piperazine rings is 1. The van der Waals surface area contributed by atoms with Crippen LogP contribution in [0.4, 0.5) is 10.5 Å². The average Bonchev–Trinajstić information content (AvgIpc) is 2.85. The van der Waals surface area contributed by atoms with Crippen molar-refractivity contribution in [3.8, 4) is 0 Å². The number of anilines is 1. The molecule has 3 rings (SSSR count). The number of hydrogen-bond acceptors (Lipinski definition) is 6. The highest BCUT2D eigenvalue weighted by atomic mass is 16.7. The predicted molar refractivity (Wildman–Crippen MR) is 130 cm³/mol. The van der Waals surface area contributed by atoms with Gasteiger partial charge in [0.05, 0.1) is 11.2 Å². The van der Waals surface area contributed by atoms with Gasteiger partial charge in [-0.15, -0.1) is 0 Å². The molecule has 2 fully saturated rings. The molecular formula is C24H40BN3O4. The minimum absolute atomic E-state index is 0.441. The Morgan fingerprint density at radius 1 is 1.12 bits per heavy atom. The molecule has 0 spiro atoms. The van der Waals surface area contributed by atoms with Crippen molar-refractivity contribution in [3.63, 3.8) is 0 Å². The molecule has 0 saturated carbocycles. The summed E-state index contributed by atoms with van der Waals surface area (Å²) in [7, 11) is -0.498. The number of benzene rings is 1. The summed E-state index contributed by atoms with van der Waals surface area (Å²) in [5.41, 5.74) is 3.52. The van der Waals surface area contributed by atoms with Crippen LogP contribution >= 0.6 is 0 Å². The van der Waals surface area contributed by atoms with Gasteiger partial charge in [-0.1, -0.05) is 0 Å². The van der Waals surface area contributed by atoms with Crippen molar-refractivity contribution in [2.75, 3.05) is 31.5 Å². The molecule has 2 aliphatic rings. The van der Waals surface area contributed by atoms with Crippen LogP contribution in [0.15, 0.2) is 6.07 Å². The highest BCUT2D eigenvalue weighted by Gasteiger charge is 2.52. The Hall–Kier alpha value is -1.61. The van der Waals surface area contributed by atoms with E-state index in [1.807, 2.05) is 27.7 Å². The van der Waals surface area contributed by atoms with Gasteiger partial charge < -0.3 is 19.4 Å². The third-order valence-electron chi connectivity index (χ3n) is 6.74. The SMILES string of the molecule is Cc1c(CN2CCNCC2)cc(NC(=O)OC(C)(C)C)c(C)c1B1OC(C)(C)C(C)(C)O1. The molecule has 2 aliphatic heterocycles. The Morgan fingerprint density at radius 3 is 2.22 bits per heavy atom. The van der Waals surface area contributed by atoms with E-state index in [1.54, 1.807) is 0 Å². The number of amides is 1. The molecule has 178 valence electrons. The molecule has 0 aromatic heterocycles. The Balaban J connectivity index is 2.00. The second kappa shape index (κ2) is 8.97. The standard InChI is InChI=1S/C24H40BN3O4/c1-16-18(15-28-12-10-26-11-13-28)14-19(27-21(29)30-22(3,4)5)17(2)20(16)25-31-23(6,7)24(8,9)32-25/h14,26H,10-13,15H2,1-9H3,(H,27,29). The van der Waals surface area contributed by atoms with Crippen molar-refractivity contribution in [1.82, 2.24) is 10.2 Å². The van der Waals surface area contributed by atoms with E-state index in [9.17, 15) is 4.79 Å². The van der Waals surface area contributed by atoms with Gasteiger partial charge in [0.1, 0.15) is 5.60 Å². The van der Waals surface area contributed by atoms with Gasteiger partial charge in [0.2, 0.25) is 0 Å². The predicted octanol–water partition coefficient (Wildman–Crippen LogP) is 3.35. The summed E-state index contributed by atoms with van der Waals surface area (Å²) in [4.78, 5) is 15.0. The van der Waals surface area contributed by atoms with Gasteiger partial charge in [0, 0.05) is 38.4 Å². The van der Waals surface area contributed by atoms with Crippen LogP contribution in [0, 0.1) is 13.8 Å². The largest absolute Gasteiger partial charge is 0.495 e. The molecule has 2 saturated heterocycles. The van der Waals surface area contributed by atoms with E-state index < -0.39 is 30.0 Å². The highest BCUT2D eigenvalue weighted by molar-refractivity contribution is 6.63. The fourth-order valence-corrected chi connectivity index (χ4v) is 4.12. The van der Waals surface area contributed by atoms with Crippen LogP contribution in [0.25, 0.3) is 0 Å². The van der Waals surface area contributed by atoms with Gasteiger partial charge >= 0.3 is 13.2 Å². The zero-order valence-electron chi connectivity index (χ0n) is 21.3. The summed E-state index contributed by atoms with van der Waals surface area (Å²) in [6.07, 6.45) is -0.461. The van der Waals surface area contributed by atoms with Crippen molar-refractivity contribution >= 4 is 24.4 Å². The van der Waals surface area contributed by atoms with Gasteiger partial charge in [-0.25, -0.2) is 4.79 Å². The molecule has 1 aromatic carbocycles. The van der Waals surface area contributed by atoms with Gasteiger partial charge in [-0.3, -0.25) is 10.2 Å². The normalized spacial score (nSPS) is 21.0. The molecule has 0 aliphatic carbocycles. The summed E-state index contributed by atoms with van der Waals surface area (Å²) < 4.78 is 18.3. The first kappa shape index (κ1) is 25.0. The molecule has 0 radical (unpaired) electrons. The molecule has 0 atom stereocenters. The first-order valence-electron chi connectivity index (χ1n) is 11.6. The molecule has 1 aromatic rings. The molecule has 2 N–H and O–H groups in total. The second-order valence-corrected chi connectivity index (χ2v) is 11.0. The molecule has 1 amide bonds. The molecule has 0 unspecified atom stereocenters. The number of carbonyl (C=O) groups excluding carboxylic acids is 1. The van der Waals surface area contributed by atoms with Crippen LogP contribution in [0.1, 0.15) is 65.2 Å². The van der Waals surface area contributed by atoms with Crippen LogP contribution < -0.4 is 16.1 Å². The van der Waals surface area contributed by atoms with E-state index in [0.29, 0.717) is 0 Å². The molecular weight excluding hydrogens is 405 g/mol. The Kier molecular flexibility index (Phi) is 7.02. The van der Waals surface area contributed by atoms with Crippen molar-refractivity contribution in [1.29, 1.82) is 0 Å². The van der Waals surface area contributed by atoms with Crippen LogP contribution in [0.2, 0.25) is 0 Å². The van der Waals surface area contributed by atoms with Gasteiger partial charge in [0.15, 0.2) is 0 Å². The fraction of sp³-hybridized carbons (Fsp3) is 0.708. The lowest BCUT2D eigenvalue weighted by Crippen LogP contribution is -2.44. The van der Waals surface area contributed by atoms with Crippen molar-refractivity contribution in [2.45, 2.75) is 85.7 Å².